The maximum Gasteiger partial charge on any atom is 0.340 e. The molecular weight excluding hydrogens is 404 g/mol. The van der Waals surface area contributed by atoms with E-state index in [0.29, 0.717) is 29.5 Å². The van der Waals surface area contributed by atoms with E-state index in [1.807, 2.05) is 37.8 Å². The zero-order valence-electron chi connectivity index (χ0n) is 19.1. The lowest BCUT2D eigenvalue weighted by Crippen LogP contribution is -2.40. The van der Waals surface area contributed by atoms with Crippen LogP contribution in [0.4, 0.5) is 11.6 Å². The summed E-state index contributed by atoms with van der Waals surface area (Å²) in [5.74, 6) is 1.40. The van der Waals surface area contributed by atoms with Gasteiger partial charge in [0.15, 0.2) is 0 Å². The molecule has 0 aromatic carbocycles. The standard InChI is InChI=1S/C24H30N6O2/c1-23(2)12-17-15(22(31)32-23)9-10-19(27-17)28-20-11-16-18(13-26-20)30(4)29-21(16)24(3,25)14-7-5-6-8-14/h9-11,13-14H,5-8,12,25H2,1-4H3,(H,26,27,28)/t24-/m1/s1. The second-order valence-corrected chi connectivity index (χ2v) is 9.96. The van der Waals surface area contributed by atoms with Gasteiger partial charge in [-0.1, -0.05) is 12.8 Å². The van der Waals surface area contributed by atoms with Crippen LogP contribution in [0.25, 0.3) is 10.9 Å². The third-order valence-corrected chi connectivity index (χ3v) is 6.86. The van der Waals surface area contributed by atoms with Crippen molar-refractivity contribution in [3.8, 4) is 0 Å². The molecular formula is C24H30N6O2. The SMILES string of the molecule is Cn1nc([C@](C)(N)C2CCCC2)c2cc(Nc3ccc4c(n3)CC(C)(C)OC4=O)ncc21. The number of nitrogens with one attached hydrogen (secondary N) is 1. The van der Waals surface area contributed by atoms with Crippen molar-refractivity contribution in [3.63, 3.8) is 0 Å². The van der Waals surface area contributed by atoms with Crippen LogP contribution in [0.5, 0.6) is 0 Å². The average molecular weight is 435 g/mol. The molecule has 2 aliphatic rings. The molecule has 4 heterocycles. The lowest BCUT2D eigenvalue weighted by Gasteiger charge is -2.30. The summed E-state index contributed by atoms with van der Waals surface area (Å²) in [6, 6.07) is 5.53. The van der Waals surface area contributed by atoms with Crippen LogP contribution in [0.2, 0.25) is 0 Å². The van der Waals surface area contributed by atoms with Crippen LogP contribution < -0.4 is 11.1 Å². The van der Waals surface area contributed by atoms with Gasteiger partial charge in [-0.05, 0) is 57.7 Å². The molecule has 8 heteroatoms. The van der Waals surface area contributed by atoms with Crippen molar-refractivity contribution >= 4 is 28.5 Å². The van der Waals surface area contributed by atoms with Gasteiger partial charge < -0.3 is 15.8 Å². The molecule has 0 bridgehead atoms. The van der Waals surface area contributed by atoms with Gasteiger partial charge in [-0.3, -0.25) is 4.68 Å². The van der Waals surface area contributed by atoms with E-state index in [1.165, 1.54) is 12.8 Å². The number of ether oxygens (including phenoxy) is 1. The first-order chi connectivity index (χ1) is 15.1. The highest BCUT2D eigenvalue weighted by Gasteiger charge is 2.38. The minimum Gasteiger partial charge on any atom is -0.456 e. The van der Waals surface area contributed by atoms with E-state index < -0.39 is 11.1 Å². The predicted octanol–water partition coefficient (Wildman–Crippen LogP) is 3.96. The number of anilines is 2. The van der Waals surface area contributed by atoms with Gasteiger partial charge in [0.2, 0.25) is 0 Å². The zero-order valence-corrected chi connectivity index (χ0v) is 19.1. The quantitative estimate of drug-likeness (QED) is 0.598. The Morgan fingerprint density at radius 2 is 2.00 bits per heavy atom. The van der Waals surface area contributed by atoms with Gasteiger partial charge in [-0.2, -0.15) is 5.10 Å². The molecule has 0 unspecified atom stereocenters. The van der Waals surface area contributed by atoms with Crippen molar-refractivity contribution in [1.29, 1.82) is 0 Å². The van der Waals surface area contributed by atoms with Crippen LogP contribution in [0.15, 0.2) is 24.4 Å². The van der Waals surface area contributed by atoms with Crippen LogP contribution in [-0.4, -0.2) is 31.3 Å². The molecule has 1 aliphatic heterocycles. The van der Waals surface area contributed by atoms with Gasteiger partial charge >= 0.3 is 5.97 Å². The van der Waals surface area contributed by atoms with Crippen LogP contribution in [0.3, 0.4) is 0 Å². The Bertz CT molecular complexity index is 1210. The molecule has 0 amide bonds. The number of aryl methyl sites for hydroxylation is 1. The molecule has 168 valence electrons. The number of nitrogens with two attached hydrogens (primary N) is 1. The number of carbonyl (C=O) groups is 1. The summed E-state index contributed by atoms with van der Waals surface area (Å²) >= 11 is 0. The average Bonchev–Trinajstić information content (AvgIpc) is 3.36. The Labute approximate surface area is 187 Å². The van der Waals surface area contributed by atoms with E-state index >= 15 is 0 Å². The summed E-state index contributed by atoms with van der Waals surface area (Å²) in [6.07, 6.45) is 7.11. The summed E-state index contributed by atoms with van der Waals surface area (Å²) in [4.78, 5) is 21.5. The van der Waals surface area contributed by atoms with E-state index in [1.54, 1.807) is 12.1 Å². The number of aromatic nitrogens is 4. The maximum atomic E-state index is 12.2. The molecule has 3 aromatic rings. The van der Waals surface area contributed by atoms with Crippen molar-refractivity contribution in [2.45, 2.75) is 64.0 Å². The molecule has 32 heavy (non-hydrogen) atoms. The van der Waals surface area contributed by atoms with Crippen LogP contribution in [0, 0.1) is 5.92 Å². The number of pyridine rings is 2. The smallest absolute Gasteiger partial charge is 0.340 e. The normalized spacial score (nSPS) is 20.1. The van der Waals surface area contributed by atoms with E-state index in [0.717, 1.165) is 35.1 Å². The first-order valence-corrected chi connectivity index (χ1v) is 11.3. The van der Waals surface area contributed by atoms with E-state index in [4.69, 9.17) is 15.6 Å². The number of rotatable bonds is 4. The first-order valence-electron chi connectivity index (χ1n) is 11.3. The van der Waals surface area contributed by atoms with E-state index in [2.05, 4.69) is 22.2 Å². The number of hydrogen-bond acceptors (Lipinski definition) is 7. The summed E-state index contributed by atoms with van der Waals surface area (Å²) in [7, 11) is 1.93. The fourth-order valence-electron chi connectivity index (χ4n) is 5.11. The highest BCUT2D eigenvalue weighted by Crippen LogP contribution is 2.40. The van der Waals surface area contributed by atoms with Crippen LogP contribution >= 0.6 is 0 Å². The highest BCUT2D eigenvalue weighted by molar-refractivity contribution is 5.92. The molecule has 1 atom stereocenters. The van der Waals surface area contributed by atoms with Crippen molar-refractivity contribution in [3.05, 3.63) is 41.3 Å². The fraction of sp³-hybridized carbons (Fsp3) is 0.500. The number of fused-ring (bicyclic) bond motifs is 2. The second-order valence-electron chi connectivity index (χ2n) is 9.96. The second kappa shape index (κ2) is 7.27. The van der Waals surface area contributed by atoms with Crippen molar-refractivity contribution in [2.75, 3.05) is 5.32 Å². The maximum absolute atomic E-state index is 12.2. The Kier molecular flexibility index (Phi) is 4.74. The van der Waals surface area contributed by atoms with Crippen molar-refractivity contribution in [2.24, 2.45) is 18.7 Å². The number of carbonyl (C=O) groups excluding carboxylic acids is 1. The molecule has 8 nitrogen and oxygen atoms in total. The van der Waals surface area contributed by atoms with Gasteiger partial charge in [0.1, 0.15) is 17.2 Å². The molecule has 0 spiro atoms. The number of nitrogens with zero attached hydrogens (tertiary/aromatic N) is 4. The summed E-state index contributed by atoms with van der Waals surface area (Å²) in [6.45, 7) is 5.89. The minimum atomic E-state index is -0.566. The molecule has 5 rings (SSSR count). The Morgan fingerprint density at radius 1 is 1.25 bits per heavy atom. The molecule has 3 aromatic heterocycles. The van der Waals surface area contributed by atoms with E-state index in [-0.39, 0.29) is 5.97 Å². The first kappa shape index (κ1) is 20.9. The van der Waals surface area contributed by atoms with Crippen molar-refractivity contribution in [1.82, 2.24) is 19.7 Å². The van der Waals surface area contributed by atoms with Gasteiger partial charge in [-0.15, -0.1) is 0 Å². The van der Waals surface area contributed by atoms with E-state index in [9.17, 15) is 4.79 Å². The van der Waals surface area contributed by atoms with Gasteiger partial charge in [0, 0.05) is 18.9 Å². The minimum absolute atomic E-state index is 0.330. The number of cyclic esters (lactones) is 1. The number of hydrogen-bond donors (Lipinski definition) is 2. The molecule has 0 radical (unpaired) electrons. The molecule has 1 fully saturated rings. The third kappa shape index (κ3) is 3.52. The lowest BCUT2D eigenvalue weighted by molar-refractivity contribution is -0.00714. The zero-order chi connectivity index (χ0) is 22.7. The molecule has 1 saturated carbocycles. The Hall–Kier alpha value is -3.00. The van der Waals surface area contributed by atoms with Crippen LogP contribution in [-0.2, 0) is 23.7 Å². The largest absolute Gasteiger partial charge is 0.456 e. The summed E-state index contributed by atoms with van der Waals surface area (Å²) < 4.78 is 7.32. The Balaban J connectivity index is 1.49. The number of esters is 1. The highest BCUT2D eigenvalue weighted by atomic mass is 16.6. The third-order valence-electron chi connectivity index (χ3n) is 6.86. The summed E-state index contributed by atoms with van der Waals surface area (Å²) in [5, 5.41) is 9.09. The lowest BCUT2D eigenvalue weighted by atomic mass is 9.81. The monoisotopic (exact) mass is 434 g/mol. The predicted molar refractivity (Wildman–Crippen MR) is 123 cm³/mol. The van der Waals surface area contributed by atoms with Crippen LogP contribution in [0.1, 0.15) is 68.2 Å². The topological polar surface area (TPSA) is 108 Å². The Morgan fingerprint density at radius 3 is 2.75 bits per heavy atom. The van der Waals surface area contributed by atoms with Crippen molar-refractivity contribution < 1.29 is 9.53 Å². The van der Waals surface area contributed by atoms with Gasteiger partial charge in [0.25, 0.3) is 0 Å². The summed E-state index contributed by atoms with van der Waals surface area (Å²) in [5.41, 5.74) is 8.91. The molecule has 1 aliphatic carbocycles. The van der Waals surface area contributed by atoms with Gasteiger partial charge in [-0.25, -0.2) is 14.8 Å². The fourth-order valence-corrected chi connectivity index (χ4v) is 5.11. The van der Waals surface area contributed by atoms with Gasteiger partial charge in [0.05, 0.1) is 34.2 Å². The molecule has 0 saturated heterocycles. The molecule has 3 N–H and O–H groups in total.